The summed E-state index contributed by atoms with van der Waals surface area (Å²) in [4.78, 5) is 2.69. The Morgan fingerprint density at radius 3 is 1.12 bits per heavy atom. The van der Waals surface area contributed by atoms with Crippen molar-refractivity contribution in [3.05, 3.63) is 0 Å². The summed E-state index contributed by atoms with van der Waals surface area (Å²) in [5.41, 5.74) is 0. The summed E-state index contributed by atoms with van der Waals surface area (Å²) in [6.07, 6.45) is 20.3. The monoisotopic (exact) mass is 353 g/mol. The average molecular weight is 354 g/mol. The zero-order valence-corrected chi connectivity index (χ0v) is 18.6. The Morgan fingerprint density at radius 1 is 0.480 bits per heavy atom. The first-order valence-electron chi connectivity index (χ1n) is 11.8. The predicted molar refractivity (Wildman–Crippen MR) is 116 cm³/mol. The summed E-state index contributed by atoms with van der Waals surface area (Å²) in [6.45, 7) is 15.5. The van der Waals surface area contributed by atoms with Gasteiger partial charge in [-0.3, -0.25) is 0 Å². The van der Waals surface area contributed by atoms with Gasteiger partial charge in [0.25, 0.3) is 0 Å². The summed E-state index contributed by atoms with van der Waals surface area (Å²) >= 11 is 0. The third-order valence-electron chi connectivity index (χ3n) is 5.07. The van der Waals surface area contributed by atoms with Gasteiger partial charge in [0.2, 0.25) is 0 Å². The minimum absolute atomic E-state index is 0.797. The van der Waals surface area contributed by atoms with Crippen LogP contribution < -0.4 is 0 Å². The Kier molecular flexibility index (Phi) is 18.7. The fraction of sp³-hybridized carbons (Fsp3) is 1.00. The van der Waals surface area contributed by atoms with Crippen molar-refractivity contribution in [3.63, 3.8) is 0 Å². The quantitative estimate of drug-likeness (QED) is 0.212. The second-order valence-electron chi connectivity index (χ2n) is 9.14. The van der Waals surface area contributed by atoms with Crippen molar-refractivity contribution in [1.82, 2.24) is 4.90 Å². The molecule has 0 radical (unpaired) electrons. The van der Waals surface area contributed by atoms with Crippen molar-refractivity contribution >= 4 is 0 Å². The molecule has 0 aromatic rings. The van der Waals surface area contributed by atoms with Crippen molar-refractivity contribution in [1.29, 1.82) is 0 Å². The molecule has 0 heterocycles. The second kappa shape index (κ2) is 18.7. The van der Waals surface area contributed by atoms with Crippen molar-refractivity contribution in [2.75, 3.05) is 19.6 Å². The van der Waals surface area contributed by atoms with Crippen LogP contribution in [0.2, 0.25) is 0 Å². The van der Waals surface area contributed by atoms with E-state index in [9.17, 15) is 0 Å². The molecule has 0 rings (SSSR count). The normalized spacial score (nSPS) is 12.0. The van der Waals surface area contributed by atoms with Gasteiger partial charge in [0.1, 0.15) is 0 Å². The Hall–Kier alpha value is -0.0400. The second-order valence-corrected chi connectivity index (χ2v) is 9.14. The highest BCUT2D eigenvalue weighted by Crippen LogP contribution is 2.13. The molecule has 0 spiro atoms. The molecule has 0 N–H and O–H groups in total. The third-order valence-corrected chi connectivity index (χ3v) is 5.07. The Balaban J connectivity index is 3.33. The van der Waals surface area contributed by atoms with Crippen LogP contribution in [-0.2, 0) is 0 Å². The minimum Gasteiger partial charge on any atom is -0.303 e. The molecule has 0 bridgehead atoms. The summed E-state index contributed by atoms with van der Waals surface area (Å²) < 4.78 is 0. The van der Waals surface area contributed by atoms with Gasteiger partial charge < -0.3 is 4.90 Å². The lowest BCUT2D eigenvalue weighted by molar-refractivity contribution is 0.215. The summed E-state index contributed by atoms with van der Waals surface area (Å²) in [7, 11) is 0. The topological polar surface area (TPSA) is 3.24 Å². The molecular formula is C24H51N. The van der Waals surface area contributed by atoms with Crippen molar-refractivity contribution in [2.24, 2.45) is 11.8 Å². The van der Waals surface area contributed by atoms with Crippen LogP contribution in [0.1, 0.15) is 125 Å². The molecule has 0 unspecified atom stereocenters. The van der Waals surface area contributed by atoms with E-state index >= 15 is 0 Å². The van der Waals surface area contributed by atoms with E-state index < -0.39 is 0 Å². The van der Waals surface area contributed by atoms with Crippen LogP contribution in [0.5, 0.6) is 0 Å². The fourth-order valence-corrected chi connectivity index (χ4v) is 3.82. The number of hydrogen-bond acceptors (Lipinski definition) is 1. The van der Waals surface area contributed by atoms with Gasteiger partial charge in [0.05, 0.1) is 0 Å². The lowest BCUT2D eigenvalue weighted by atomic mass is 10.0. The molecule has 1 heteroatoms. The zero-order chi connectivity index (χ0) is 18.8. The van der Waals surface area contributed by atoms with Crippen molar-refractivity contribution in [2.45, 2.75) is 125 Å². The molecule has 0 amide bonds. The lowest BCUT2D eigenvalue weighted by Gasteiger charge is -2.26. The Bertz CT molecular complexity index is 236. The Morgan fingerprint density at radius 2 is 0.800 bits per heavy atom. The summed E-state index contributed by atoms with van der Waals surface area (Å²) in [6, 6.07) is 0. The molecule has 0 fully saturated rings. The van der Waals surface area contributed by atoms with Crippen LogP contribution in [0.4, 0.5) is 0 Å². The lowest BCUT2D eigenvalue weighted by Crippen LogP contribution is -2.32. The third kappa shape index (κ3) is 20.1. The summed E-state index contributed by atoms with van der Waals surface area (Å²) in [5, 5.41) is 0. The maximum atomic E-state index is 2.69. The molecule has 0 aliphatic heterocycles. The van der Waals surface area contributed by atoms with Crippen LogP contribution in [0.25, 0.3) is 0 Å². The van der Waals surface area contributed by atoms with E-state index in [1.165, 1.54) is 110 Å². The van der Waals surface area contributed by atoms with Crippen LogP contribution in [0, 0.1) is 11.8 Å². The predicted octanol–water partition coefficient (Wildman–Crippen LogP) is 8.08. The van der Waals surface area contributed by atoms with Gasteiger partial charge >= 0.3 is 0 Å². The first-order valence-corrected chi connectivity index (χ1v) is 11.8. The van der Waals surface area contributed by atoms with E-state index in [0.717, 1.165) is 11.8 Å². The Labute approximate surface area is 161 Å². The van der Waals surface area contributed by atoms with Gasteiger partial charge in [-0.2, -0.15) is 0 Å². The number of nitrogens with zero attached hydrogens (tertiary/aromatic N) is 1. The van der Waals surface area contributed by atoms with Crippen molar-refractivity contribution in [3.8, 4) is 0 Å². The average Bonchev–Trinajstić information content (AvgIpc) is 2.54. The van der Waals surface area contributed by atoms with Gasteiger partial charge in [-0.25, -0.2) is 0 Å². The molecular weight excluding hydrogens is 302 g/mol. The van der Waals surface area contributed by atoms with E-state index in [0.29, 0.717) is 0 Å². The first-order chi connectivity index (χ1) is 12.1. The van der Waals surface area contributed by atoms with E-state index in [4.69, 9.17) is 0 Å². The van der Waals surface area contributed by atoms with Gasteiger partial charge in [0, 0.05) is 13.1 Å². The van der Waals surface area contributed by atoms with Gasteiger partial charge in [-0.1, -0.05) is 118 Å². The number of unbranched alkanes of at least 4 members (excludes halogenated alkanes) is 13. The van der Waals surface area contributed by atoms with Crippen LogP contribution in [0.15, 0.2) is 0 Å². The van der Waals surface area contributed by atoms with Crippen LogP contribution in [0.3, 0.4) is 0 Å². The molecule has 0 saturated carbocycles. The van der Waals surface area contributed by atoms with Gasteiger partial charge in [-0.05, 0) is 24.8 Å². The van der Waals surface area contributed by atoms with E-state index in [-0.39, 0.29) is 0 Å². The summed E-state index contributed by atoms with van der Waals surface area (Å²) in [5.74, 6) is 1.59. The molecule has 0 aromatic carbocycles. The van der Waals surface area contributed by atoms with Gasteiger partial charge in [0.15, 0.2) is 0 Å². The maximum absolute atomic E-state index is 2.69. The molecule has 0 atom stereocenters. The van der Waals surface area contributed by atoms with E-state index in [1.807, 2.05) is 0 Å². The van der Waals surface area contributed by atoms with Gasteiger partial charge in [-0.15, -0.1) is 0 Å². The first kappa shape index (κ1) is 25.0. The standard InChI is InChI=1S/C24H51N/c1-6-7-8-9-10-11-12-13-14-15-16-17-18-19-20-25(21-23(2)3)22-24(4)5/h23-24H,6-22H2,1-5H3. The van der Waals surface area contributed by atoms with Crippen LogP contribution in [-0.4, -0.2) is 24.5 Å². The minimum atomic E-state index is 0.797. The molecule has 0 aliphatic rings. The highest BCUT2D eigenvalue weighted by Gasteiger charge is 2.08. The van der Waals surface area contributed by atoms with Crippen molar-refractivity contribution < 1.29 is 0 Å². The van der Waals surface area contributed by atoms with E-state index in [2.05, 4.69) is 39.5 Å². The highest BCUT2D eigenvalue weighted by atomic mass is 15.1. The molecule has 25 heavy (non-hydrogen) atoms. The highest BCUT2D eigenvalue weighted by molar-refractivity contribution is 4.63. The fourth-order valence-electron chi connectivity index (χ4n) is 3.82. The number of hydrogen-bond donors (Lipinski definition) is 0. The molecule has 0 aromatic heterocycles. The molecule has 0 saturated heterocycles. The smallest absolute Gasteiger partial charge is 0.000449 e. The van der Waals surface area contributed by atoms with Crippen LogP contribution >= 0.6 is 0 Å². The number of rotatable bonds is 19. The molecule has 1 nitrogen and oxygen atoms in total. The van der Waals surface area contributed by atoms with E-state index in [1.54, 1.807) is 0 Å². The molecule has 152 valence electrons. The molecule has 0 aliphatic carbocycles. The zero-order valence-electron chi connectivity index (χ0n) is 18.6. The SMILES string of the molecule is CCCCCCCCCCCCCCCCN(CC(C)C)CC(C)C. The maximum Gasteiger partial charge on any atom is 0.000449 e. The largest absolute Gasteiger partial charge is 0.303 e.